The summed E-state index contributed by atoms with van der Waals surface area (Å²) in [7, 11) is 0. The van der Waals surface area contributed by atoms with Crippen LogP contribution in [-0.4, -0.2) is 23.2 Å². The van der Waals surface area contributed by atoms with Gasteiger partial charge in [-0.05, 0) is 25.7 Å². The van der Waals surface area contributed by atoms with Crippen molar-refractivity contribution >= 4 is 23.2 Å². The molecule has 1 aromatic heterocycles. The van der Waals surface area contributed by atoms with Gasteiger partial charge in [0.25, 0.3) is 0 Å². The van der Waals surface area contributed by atoms with Crippen LogP contribution in [0.5, 0.6) is 5.88 Å². The highest BCUT2D eigenvalue weighted by Crippen LogP contribution is 2.30. The molecule has 5 heteroatoms. The molecule has 0 saturated carbocycles. The van der Waals surface area contributed by atoms with Crippen LogP contribution in [0, 0.1) is 0 Å². The summed E-state index contributed by atoms with van der Waals surface area (Å²) in [6.45, 7) is 0. The van der Waals surface area contributed by atoms with Gasteiger partial charge in [0.15, 0.2) is 0 Å². The minimum Gasteiger partial charge on any atom is -0.474 e. The number of aromatic nitrogens is 1. The normalized spacial score (nSPS) is 31.1. The lowest BCUT2D eigenvalue weighted by molar-refractivity contribution is 0.0890. The van der Waals surface area contributed by atoms with Gasteiger partial charge in [-0.2, -0.15) is 0 Å². The number of ether oxygens (including phenoxy) is 1. The van der Waals surface area contributed by atoms with Gasteiger partial charge in [0.2, 0.25) is 5.88 Å². The van der Waals surface area contributed by atoms with Crippen LogP contribution in [0.3, 0.4) is 0 Å². The molecule has 18 heavy (non-hydrogen) atoms. The van der Waals surface area contributed by atoms with E-state index in [1.165, 1.54) is 19.3 Å². The number of nitrogens with zero attached hydrogens (tertiary/aromatic N) is 1. The van der Waals surface area contributed by atoms with Crippen molar-refractivity contribution in [3.05, 3.63) is 22.3 Å². The van der Waals surface area contributed by atoms with Gasteiger partial charge in [0, 0.05) is 18.2 Å². The Morgan fingerprint density at radius 2 is 1.89 bits per heavy atom. The van der Waals surface area contributed by atoms with Crippen LogP contribution in [0.1, 0.15) is 32.1 Å². The summed E-state index contributed by atoms with van der Waals surface area (Å²) in [5.41, 5.74) is 0. The van der Waals surface area contributed by atoms with Crippen molar-refractivity contribution in [3.63, 3.8) is 0 Å². The van der Waals surface area contributed by atoms with E-state index < -0.39 is 0 Å². The van der Waals surface area contributed by atoms with Crippen LogP contribution < -0.4 is 10.1 Å². The largest absolute Gasteiger partial charge is 0.474 e. The molecule has 0 spiro atoms. The van der Waals surface area contributed by atoms with E-state index in [2.05, 4.69) is 10.3 Å². The topological polar surface area (TPSA) is 34.1 Å². The standard InChI is InChI=1S/C13H16Cl2N2O/c14-11-6-13(16-7-12(11)15)18-10-4-8-2-1-3-9(5-10)17-8/h6-10,17H,1-5H2/t8-,9+,10-. The predicted octanol–water partition coefficient (Wildman–Crippen LogP) is 3.44. The van der Waals surface area contributed by atoms with E-state index in [-0.39, 0.29) is 6.10 Å². The van der Waals surface area contributed by atoms with Gasteiger partial charge in [-0.15, -0.1) is 0 Å². The van der Waals surface area contributed by atoms with Gasteiger partial charge in [-0.3, -0.25) is 0 Å². The van der Waals surface area contributed by atoms with Gasteiger partial charge in [0.1, 0.15) is 6.10 Å². The molecule has 3 heterocycles. The zero-order valence-corrected chi connectivity index (χ0v) is 11.5. The van der Waals surface area contributed by atoms with Crippen molar-refractivity contribution in [3.8, 4) is 5.88 Å². The minimum absolute atomic E-state index is 0.242. The average molecular weight is 287 g/mol. The predicted molar refractivity (Wildman–Crippen MR) is 72.5 cm³/mol. The summed E-state index contributed by atoms with van der Waals surface area (Å²) < 4.78 is 5.93. The first-order valence-corrected chi connectivity index (χ1v) is 7.20. The van der Waals surface area contributed by atoms with Crippen molar-refractivity contribution in [2.24, 2.45) is 0 Å². The maximum Gasteiger partial charge on any atom is 0.215 e. The first-order chi connectivity index (χ1) is 8.70. The Kier molecular flexibility index (Phi) is 3.64. The summed E-state index contributed by atoms with van der Waals surface area (Å²) in [5, 5.41) is 4.60. The van der Waals surface area contributed by atoms with E-state index >= 15 is 0 Å². The van der Waals surface area contributed by atoms with Crippen molar-refractivity contribution in [1.82, 2.24) is 10.3 Å². The Morgan fingerprint density at radius 3 is 2.56 bits per heavy atom. The third kappa shape index (κ3) is 2.73. The second kappa shape index (κ2) is 5.24. The Bertz CT molecular complexity index is 429. The summed E-state index contributed by atoms with van der Waals surface area (Å²) in [4.78, 5) is 4.17. The molecule has 2 fully saturated rings. The molecule has 3 nitrogen and oxygen atoms in total. The molecule has 2 aliphatic rings. The Hall–Kier alpha value is -0.510. The maximum atomic E-state index is 5.96. The molecule has 0 aromatic carbocycles. The molecule has 98 valence electrons. The van der Waals surface area contributed by atoms with Crippen molar-refractivity contribution < 1.29 is 4.74 Å². The zero-order chi connectivity index (χ0) is 12.5. The molecule has 0 radical (unpaired) electrons. The third-order valence-corrected chi connectivity index (χ3v) is 4.45. The lowest BCUT2D eigenvalue weighted by Gasteiger charge is -2.40. The molecule has 0 unspecified atom stereocenters. The minimum atomic E-state index is 0.242. The van der Waals surface area contributed by atoms with Gasteiger partial charge in [0.05, 0.1) is 16.2 Å². The van der Waals surface area contributed by atoms with Crippen LogP contribution in [0.15, 0.2) is 12.3 Å². The number of piperidine rings is 2. The highest BCUT2D eigenvalue weighted by atomic mass is 35.5. The molecule has 1 N–H and O–H groups in total. The highest BCUT2D eigenvalue weighted by molar-refractivity contribution is 6.41. The number of nitrogens with one attached hydrogen (secondary N) is 1. The maximum absolute atomic E-state index is 5.96. The molecular formula is C13H16Cl2N2O. The first kappa shape index (κ1) is 12.5. The van der Waals surface area contributed by atoms with E-state index in [9.17, 15) is 0 Å². The van der Waals surface area contributed by atoms with Gasteiger partial charge >= 0.3 is 0 Å². The molecular weight excluding hydrogens is 271 g/mol. The second-order valence-corrected chi connectivity index (χ2v) is 5.95. The van der Waals surface area contributed by atoms with E-state index in [0.717, 1.165) is 12.8 Å². The van der Waals surface area contributed by atoms with Gasteiger partial charge < -0.3 is 10.1 Å². The molecule has 2 bridgehead atoms. The third-order valence-electron chi connectivity index (χ3n) is 3.74. The SMILES string of the molecule is Clc1cnc(O[C@@H]2C[C@H]3CCC[C@@H](C2)N3)cc1Cl. The zero-order valence-electron chi connectivity index (χ0n) is 10.0. The van der Waals surface area contributed by atoms with Crippen molar-refractivity contribution in [2.45, 2.75) is 50.3 Å². The second-order valence-electron chi connectivity index (χ2n) is 5.14. The number of hydrogen-bond donors (Lipinski definition) is 1. The quantitative estimate of drug-likeness (QED) is 0.904. The van der Waals surface area contributed by atoms with Gasteiger partial charge in [-0.1, -0.05) is 29.6 Å². The summed E-state index contributed by atoms with van der Waals surface area (Å²) in [6.07, 6.45) is 7.74. The lowest BCUT2D eigenvalue weighted by atomic mass is 9.85. The van der Waals surface area contributed by atoms with Crippen LogP contribution in [0.25, 0.3) is 0 Å². The van der Waals surface area contributed by atoms with Crippen LogP contribution >= 0.6 is 23.2 Å². The van der Waals surface area contributed by atoms with E-state index in [1.54, 1.807) is 12.3 Å². The van der Waals surface area contributed by atoms with E-state index in [1.807, 2.05) is 0 Å². The van der Waals surface area contributed by atoms with E-state index in [0.29, 0.717) is 28.0 Å². The molecule has 2 saturated heterocycles. The molecule has 1 aromatic rings. The number of fused-ring (bicyclic) bond motifs is 2. The molecule has 0 aliphatic carbocycles. The average Bonchev–Trinajstić information content (AvgIpc) is 2.33. The van der Waals surface area contributed by atoms with Gasteiger partial charge in [-0.25, -0.2) is 4.98 Å². The smallest absolute Gasteiger partial charge is 0.215 e. The highest BCUT2D eigenvalue weighted by Gasteiger charge is 2.32. The summed E-state index contributed by atoms with van der Waals surface area (Å²) in [6, 6.07) is 2.90. The Balaban J connectivity index is 1.67. The fourth-order valence-corrected chi connectivity index (χ4v) is 3.19. The summed E-state index contributed by atoms with van der Waals surface area (Å²) in [5.74, 6) is 0.578. The molecule has 3 rings (SSSR count). The number of rotatable bonds is 2. The van der Waals surface area contributed by atoms with Crippen molar-refractivity contribution in [2.75, 3.05) is 0 Å². The fourth-order valence-electron chi connectivity index (χ4n) is 2.94. The fraction of sp³-hybridized carbons (Fsp3) is 0.615. The van der Waals surface area contributed by atoms with E-state index in [4.69, 9.17) is 27.9 Å². The molecule has 3 atom stereocenters. The Labute approximate surface area is 117 Å². The number of pyridine rings is 1. The number of hydrogen-bond acceptors (Lipinski definition) is 3. The summed E-state index contributed by atoms with van der Waals surface area (Å²) >= 11 is 11.8. The molecule has 2 aliphatic heterocycles. The molecule has 0 amide bonds. The van der Waals surface area contributed by atoms with Crippen LogP contribution in [-0.2, 0) is 0 Å². The monoisotopic (exact) mass is 286 g/mol. The van der Waals surface area contributed by atoms with Crippen LogP contribution in [0.2, 0.25) is 10.0 Å². The Morgan fingerprint density at radius 1 is 1.17 bits per heavy atom. The van der Waals surface area contributed by atoms with Crippen LogP contribution in [0.4, 0.5) is 0 Å². The lowest BCUT2D eigenvalue weighted by Crippen LogP contribution is -2.51. The first-order valence-electron chi connectivity index (χ1n) is 6.44. The van der Waals surface area contributed by atoms with Crippen molar-refractivity contribution in [1.29, 1.82) is 0 Å². The number of halogens is 2.